The van der Waals surface area contributed by atoms with Gasteiger partial charge in [-0.25, -0.2) is 4.98 Å². The van der Waals surface area contributed by atoms with E-state index in [1.807, 2.05) is 53.5 Å². The number of nitrogens with zero attached hydrogens (tertiary/aromatic N) is 2. The lowest BCUT2D eigenvalue weighted by molar-refractivity contribution is 0.0949. The lowest BCUT2D eigenvalue weighted by atomic mass is 10.2. The van der Waals surface area contributed by atoms with Gasteiger partial charge in [-0.15, -0.1) is 11.3 Å². The summed E-state index contributed by atoms with van der Waals surface area (Å²) in [5, 5.41) is 5.57. The molecule has 2 aromatic heterocycles. The van der Waals surface area contributed by atoms with Crippen LogP contribution in [0.25, 0.3) is 11.3 Å². The number of nitrogens with one attached hydrogen (secondary N) is 2. The van der Waals surface area contributed by atoms with Crippen molar-refractivity contribution in [1.29, 1.82) is 0 Å². The number of benzene rings is 1. The fourth-order valence-corrected chi connectivity index (χ4v) is 4.89. The van der Waals surface area contributed by atoms with Crippen LogP contribution in [0.3, 0.4) is 0 Å². The highest BCUT2D eigenvalue weighted by atomic mass is 32.2. The summed E-state index contributed by atoms with van der Waals surface area (Å²) < 4.78 is 0. The van der Waals surface area contributed by atoms with Crippen LogP contribution >= 0.6 is 23.1 Å². The third-order valence-electron chi connectivity index (χ3n) is 4.73. The van der Waals surface area contributed by atoms with Crippen LogP contribution in [-0.2, 0) is 13.1 Å². The first-order valence-corrected chi connectivity index (χ1v) is 11.5. The van der Waals surface area contributed by atoms with E-state index < -0.39 is 0 Å². The van der Waals surface area contributed by atoms with Crippen molar-refractivity contribution in [1.82, 2.24) is 20.2 Å². The van der Waals surface area contributed by atoms with E-state index in [-0.39, 0.29) is 17.0 Å². The van der Waals surface area contributed by atoms with Crippen molar-refractivity contribution in [3.05, 3.63) is 74.5 Å². The summed E-state index contributed by atoms with van der Waals surface area (Å²) in [6.45, 7) is 3.05. The predicted molar refractivity (Wildman–Crippen MR) is 118 cm³/mol. The van der Waals surface area contributed by atoms with E-state index >= 15 is 0 Å². The van der Waals surface area contributed by atoms with E-state index in [4.69, 9.17) is 0 Å². The van der Waals surface area contributed by atoms with Gasteiger partial charge in [-0.05, 0) is 12.1 Å². The van der Waals surface area contributed by atoms with E-state index in [0.29, 0.717) is 13.1 Å². The Kier molecular flexibility index (Phi) is 6.43. The SMILES string of the molecule is O=C(NCc1nc(-c2ccccc2)cs1)c1ccc(CN2CCSCC2)[nH]c1=O. The molecule has 1 fully saturated rings. The number of thiazole rings is 1. The van der Waals surface area contributed by atoms with Crippen LogP contribution in [0.15, 0.2) is 52.6 Å². The second-order valence-electron chi connectivity index (χ2n) is 6.79. The number of hydrogen-bond donors (Lipinski definition) is 2. The van der Waals surface area contributed by atoms with E-state index in [1.54, 1.807) is 6.07 Å². The van der Waals surface area contributed by atoms with Crippen LogP contribution in [0, 0.1) is 0 Å². The highest BCUT2D eigenvalue weighted by Gasteiger charge is 2.14. The monoisotopic (exact) mass is 426 g/mol. The zero-order valence-electron chi connectivity index (χ0n) is 15.9. The molecule has 0 unspecified atom stereocenters. The molecule has 0 bridgehead atoms. The number of hydrogen-bond acceptors (Lipinski definition) is 6. The highest BCUT2D eigenvalue weighted by Crippen LogP contribution is 2.21. The van der Waals surface area contributed by atoms with Crippen molar-refractivity contribution in [3.63, 3.8) is 0 Å². The second-order valence-corrected chi connectivity index (χ2v) is 8.96. The minimum atomic E-state index is -0.386. The molecule has 3 heterocycles. The van der Waals surface area contributed by atoms with Crippen LogP contribution in [-0.4, -0.2) is 45.4 Å². The van der Waals surface area contributed by atoms with Gasteiger partial charge in [0.05, 0.1) is 12.2 Å². The van der Waals surface area contributed by atoms with Gasteiger partial charge in [0.15, 0.2) is 0 Å². The Hall–Kier alpha value is -2.42. The van der Waals surface area contributed by atoms with Gasteiger partial charge in [-0.1, -0.05) is 30.3 Å². The Morgan fingerprint density at radius 1 is 1.14 bits per heavy atom. The van der Waals surface area contributed by atoms with E-state index in [1.165, 1.54) is 11.3 Å². The average molecular weight is 427 g/mol. The number of H-pyrrole nitrogens is 1. The first-order chi connectivity index (χ1) is 14.2. The van der Waals surface area contributed by atoms with Gasteiger partial charge in [0.25, 0.3) is 11.5 Å². The van der Waals surface area contributed by atoms with E-state index in [0.717, 1.165) is 46.6 Å². The lowest BCUT2D eigenvalue weighted by Crippen LogP contribution is -2.34. The van der Waals surface area contributed by atoms with Crippen molar-refractivity contribution in [2.24, 2.45) is 0 Å². The van der Waals surface area contributed by atoms with Gasteiger partial charge in [-0.3, -0.25) is 14.5 Å². The summed E-state index contributed by atoms with van der Waals surface area (Å²) in [5.41, 5.74) is 2.54. The molecule has 1 aliphatic heterocycles. The minimum absolute atomic E-state index is 0.128. The molecule has 1 amide bonds. The summed E-state index contributed by atoms with van der Waals surface area (Å²) >= 11 is 3.44. The molecule has 150 valence electrons. The molecule has 4 rings (SSSR count). The molecule has 2 N–H and O–H groups in total. The van der Waals surface area contributed by atoms with E-state index in [2.05, 4.69) is 20.2 Å². The molecular weight excluding hydrogens is 404 g/mol. The largest absolute Gasteiger partial charge is 0.345 e. The van der Waals surface area contributed by atoms with Crippen molar-refractivity contribution < 1.29 is 4.79 Å². The number of pyridine rings is 1. The number of aromatic amines is 1. The summed E-state index contributed by atoms with van der Waals surface area (Å²) in [5.74, 6) is 1.85. The Labute approximate surface area is 177 Å². The molecule has 0 atom stereocenters. The molecule has 1 saturated heterocycles. The average Bonchev–Trinajstić information content (AvgIpc) is 3.23. The van der Waals surface area contributed by atoms with Crippen LogP contribution in [0.5, 0.6) is 0 Å². The van der Waals surface area contributed by atoms with Crippen LogP contribution in [0.1, 0.15) is 21.1 Å². The zero-order chi connectivity index (χ0) is 20.1. The number of carbonyl (C=O) groups is 1. The third kappa shape index (κ3) is 5.14. The Bertz CT molecular complexity index is 1030. The maximum Gasteiger partial charge on any atom is 0.261 e. The Morgan fingerprint density at radius 2 is 1.93 bits per heavy atom. The topological polar surface area (TPSA) is 78.1 Å². The fourth-order valence-electron chi connectivity index (χ4n) is 3.17. The Balaban J connectivity index is 1.36. The second kappa shape index (κ2) is 9.39. The third-order valence-corrected chi connectivity index (χ3v) is 6.52. The molecule has 0 aliphatic carbocycles. The Morgan fingerprint density at radius 3 is 2.69 bits per heavy atom. The number of thioether (sulfide) groups is 1. The highest BCUT2D eigenvalue weighted by molar-refractivity contribution is 7.99. The molecule has 8 heteroatoms. The molecular formula is C21H22N4O2S2. The van der Waals surface area contributed by atoms with Crippen molar-refractivity contribution in [2.45, 2.75) is 13.1 Å². The molecule has 6 nitrogen and oxygen atoms in total. The summed E-state index contributed by atoms with van der Waals surface area (Å²) in [4.78, 5) is 34.5. The summed E-state index contributed by atoms with van der Waals surface area (Å²) in [7, 11) is 0. The number of rotatable bonds is 6. The maximum absolute atomic E-state index is 12.4. The minimum Gasteiger partial charge on any atom is -0.345 e. The molecule has 0 radical (unpaired) electrons. The molecule has 29 heavy (non-hydrogen) atoms. The van der Waals surface area contributed by atoms with Gasteiger partial charge in [-0.2, -0.15) is 11.8 Å². The van der Waals surface area contributed by atoms with Crippen molar-refractivity contribution in [2.75, 3.05) is 24.6 Å². The smallest absolute Gasteiger partial charge is 0.261 e. The molecule has 1 aliphatic rings. The molecule has 3 aromatic rings. The van der Waals surface area contributed by atoms with Crippen molar-refractivity contribution >= 4 is 29.0 Å². The van der Waals surface area contributed by atoms with Gasteiger partial charge >= 0.3 is 0 Å². The maximum atomic E-state index is 12.4. The quantitative estimate of drug-likeness (QED) is 0.634. The normalized spacial score (nSPS) is 14.6. The predicted octanol–water partition coefficient (Wildman–Crippen LogP) is 2.98. The number of carbonyl (C=O) groups excluding carboxylic acids is 1. The fraction of sp³-hybridized carbons (Fsp3) is 0.286. The number of amides is 1. The molecule has 1 aromatic carbocycles. The first kappa shape index (κ1) is 19.9. The molecule has 0 saturated carbocycles. The van der Waals surface area contributed by atoms with Gasteiger partial charge < -0.3 is 10.3 Å². The molecule has 0 spiro atoms. The van der Waals surface area contributed by atoms with Crippen LogP contribution in [0.2, 0.25) is 0 Å². The standard InChI is InChI=1S/C21H22N4O2S2/c26-20(22-12-19-24-18(14-29-19)15-4-2-1-3-5-15)17-7-6-16(23-21(17)27)13-25-8-10-28-11-9-25/h1-7,14H,8-13H2,(H,22,26)(H,23,27). The van der Waals surface area contributed by atoms with Crippen molar-refractivity contribution in [3.8, 4) is 11.3 Å². The zero-order valence-corrected chi connectivity index (χ0v) is 17.5. The van der Waals surface area contributed by atoms with Gasteiger partial charge in [0.1, 0.15) is 10.6 Å². The van der Waals surface area contributed by atoms with Gasteiger partial charge in [0.2, 0.25) is 0 Å². The lowest BCUT2D eigenvalue weighted by Gasteiger charge is -2.25. The van der Waals surface area contributed by atoms with Crippen LogP contribution < -0.4 is 10.9 Å². The summed E-state index contributed by atoms with van der Waals surface area (Å²) in [6.07, 6.45) is 0. The van der Waals surface area contributed by atoms with Gasteiger partial charge in [0, 0.05) is 47.8 Å². The summed E-state index contributed by atoms with van der Waals surface area (Å²) in [6, 6.07) is 13.3. The first-order valence-electron chi connectivity index (χ1n) is 9.49. The number of aromatic nitrogens is 2. The van der Waals surface area contributed by atoms with E-state index in [9.17, 15) is 9.59 Å². The van der Waals surface area contributed by atoms with Crippen LogP contribution in [0.4, 0.5) is 0 Å².